The maximum absolute atomic E-state index is 14.0. The molecule has 1 unspecified atom stereocenters. The van der Waals surface area contributed by atoms with Gasteiger partial charge < -0.3 is 5.32 Å². The summed E-state index contributed by atoms with van der Waals surface area (Å²) in [6.07, 6.45) is 0.491. The van der Waals surface area contributed by atoms with Crippen LogP contribution in [0, 0.1) is 11.6 Å². The average Bonchev–Trinajstić information content (AvgIpc) is 2.48. The van der Waals surface area contributed by atoms with Crippen LogP contribution in [0.4, 0.5) is 8.78 Å². The summed E-state index contributed by atoms with van der Waals surface area (Å²) in [6, 6.07) is 11.0. The molecule has 2 rings (SSSR count). The second-order valence-electron chi connectivity index (χ2n) is 4.97. The minimum absolute atomic E-state index is 0.0922. The van der Waals surface area contributed by atoms with E-state index in [1.165, 1.54) is 24.3 Å². The molecule has 0 amide bonds. The average molecular weight is 310 g/mol. The van der Waals surface area contributed by atoms with E-state index >= 15 is 0 Å². The van der Waals surface area contributed by atoms with Crippen LogP contribution < -0.4 is 5.32 Å². The molecule has 0 spiro atoms. The number of benzene rings is 2. The smallest absolute Gasteiger partial charge is 0.126 e. The van der Waals surface area contributed by atoms with E-state index in [-0.39, 0.29) is 17.6 Å². The van der Waals surface area contributed by atoms with Crippen LogP contribution in [-0.4, -0.2) is 13.1 Å². The third kappa shape index (κ3) is 4.26. The molecule has 112 valence electrons. The highest BCUT2D eigenvalue weighted by Crippen LogP contribution is 2.27. The maximum atomic E-state index is 14.0. The number of halogens is 3. The number of hydrogen-bond donors (Lipinski definition) is 1. The Morgan fingerprint density at radius 3 is 2.62 bits per heavy atom. The van der Waals surface area contributed by atoms with Crippen molar-refractivity contribution in [1.29, 1.82) is 0 Å². The Labute approximate surface area is 128 Å². The Hall–Kier alpha value is -1.45. The van der Waals surface area contributed by atoms with Gasteiger partial charge in [-0.05, 0) is 48.4 Å². The molecule has 1 nitrogen and oxygen atoms in total. The van der Waals surface area contributed by atoms with Gasteiger partial charge in [-0.2, -0.15) is 0 Å². The zero-order valence-corrected chi connectivity index (χ0v) is 12.6. The Morgan fingerprint density at radius 2 is 1.90 bits per heavy atom. The van der Waals surface area contributed by atoms with Crippen molar-refractivity contribution in [3.63, 3.8) is 0 Å². The largest absolute Gasteiger partial charge is 0.316 e. The third-order valence-electron chi connectivity index (χ3n) is 3.46. The van der Waals surface area contributed by atoms with Crippen molar-refractivity contribution in [2.75, 3.05) is 13.1 Å². The lowest BCUT2D eigenvalue weighted by molar-refractivity contribution is 0.543. The highest BCUT2D eigenvalue weighted by molar-refractivity contribution is 6.31. The van der Waals surface area contributed by atoms with Crippen molar-refractivity contribution in [3.8, 4) is 0 Å². The molecule has 4 heteroatoms. The standard InChI is InChI=1S/C17H18ClF2N/c1-2-21-11-13(15-5-3-4-6-17(15)20)9-12-10-14(19)7-8-16(12)18/h3-8,10,13,21H,2,9,11H2,1H3. The summed E-state index contributed by atoms with van der Waals surface area (Å²) < 4.78 is 27.4. The highest BCUT2D eigenvalue weighted by Gasteiger charge is 2.17. The molecular weight excluding hydrogens is 292 g/mol. The van der Waals surface area contributed by atoms with Gasteiger partial charge in [0, 0.05) is 17.5 Å². The van der Waals surface area contributed by atoms with Crippen LogP contribution >= 0.6 is 11.6 Å². The fourth-order valence-corrected chi connectivity index (χ4v) is 2.58. The summed E-state index contributed by atoms with van der Waals surface area (Å²) in [6.45, 7) is 3.40. The minimum Gasteiger partial charge on any atom is -0.316 e. The second kappa shape index (κ2) is 7.53. The quantitative estimate of drug-likeness (QED) is 0.825. The molecule has 2 aromatic rings. The molecule has 2 aromatic carbocycles. The molecule has 1 N–H and O–H groups in total. The van der Waals surface area contributed by atoms with Gasteiger partial charge in [0.1, 0.15) is 11.6 Å². The maximum Gasteiger partial charge on any atom is 0.126 e. The fourth-order valence-electron chi connectivity index (χ4n) is 2.38. The lowest BCUT2D eigenvalue weighted by Gasteiger charge is -2.19. The van der Waals surface area contributed by atoms with Gasteiger partial charge in [-0.15, -0.1) is 0 Å². The molecule has 0 saturated carbocycles. The van der Waals surface area contributed by atoms with E-state index in [1.54, 1.807) is 12.1 Å². The summed E-state index contributed by atoms with van der Waals surface area (Å²) in [4.78, 5) is 0. The predicted molar refractivity (Wildman–Crippen MR) is 82.8 cm³/mol. The first kappa shape index (κ1) is 15.9. The van der Waals surface area contributed by atoms with Crippen molar-refractivity contribution >= 4 is 11.6 Å². The first-order chi connectivity index (χ1) is 10.1. The molecule has 0 aromatic heterocycles. The third-order valence-corrected chi connectivity index (χ3v) is 3.83. The van der Waals surface area contributed by atoms with Gasteiger partial charge in [0.05, 0.1) is 0 Å². The summed E-state index contributed by atoms with van der Waals surface area (Å²) in [7, 11) is 0. The van der Waals surface area contributed by atoms with Gasteiger partial charge in [0.2, 0.25) is 0 Å². The molecule has 0 bridgehead atoms. The zero-order chi connectivity index (χ0) is 15.2. The molecule has 0 aliphatic heterocycles. The Morgan fingerprint density at radius 1 is 1.14 bits per heavy atom. The van der Waals surface area contributed by atoms with Gasteiger partial charge in [-0.1, -0.05) is 36.7 Å². The van der Waals surface area contributed by atoms with Gasteiger partial charge >= 0.3 is 0 Å². The molecular formula is C17H18ClF2N. The number of rotatable bonds is 6. The number of nitrogens with one attached hydrogen (secondary N) is 1. The van der Waals surface area contributed by atoms with E-state index < -0.39 is 0 Å². The summed E-state index contributed by atoms with van der Waals surface area (Å²) in [5, 5.41) is 3.73. The van der Waals surface area contributed by atoms with Crippen LogP contribution in [0.1, 0.15) is 24.0 Å². The van der Waals surface area contributed by atoms with E-state index in [1.807, 2.05) is 13.0 Å². The molecule has 0 aliphatic carbocycles. The Balaban J connectivity index is 2.28. The molecule has 21 heavy (non-hydrogen) atoms. The Kier molecular flexibility index (Phi) is 5.71. The number of hydrogen-bond acceptors (Lipinski definition) is 1. The summed E-state index contributed by atoms with van der Waals surface area (Å²) >= 11 is 6.12. The first-order valence-corrected chi connectivity index (χ1v) is 7.38. The van der Waals surface area contributed by atoms with Crippen molar-refractivity contribution < 1.29 is 8.78 Å². The van der Waals surface area contributed by atoms with E-state index in [0.717, 1.165) is 6.54 Å². The van der Waals surface area contributed by atoms with Crippen molar-refractivity contribution in [2.45, 2.75) is 19.3 Å². The predicted octanol–water partition coefficient (Wildman–Crippen LogP) is 4.55. The van der Waals surface area contributed by atoms with Crippen molar-refractivity contribution in [3.05, 3.63) is 70.2 Å². The lowest BCUT2D eigenvalue weighted by Crippen LogP contribution is -2.23. The summed E-state index contributed by atoms with van der Waals surface area (Å²) in [5.41, 5.74) is 1.32. The zero-order valence-electron chi connectivity index (χ0n) is 11.9. The van der Waals surface area contributed by atoms with Gasteiger partial charge in [-0.25, -0.2) is 8.78 Å². The van der Waals surface area contributed by atoms with Crippen LogP contribution in [0.5, 0.6) is 0 Å². The molecule has 0 radical (unpaired) electrons. The number of likely N-dealkylation sites (N-methyl/N-ethyl adjacent to an activating group) is 1. The second-order valence-corrected chi connectivity index (χ2v) is 5.37. The molecule has 0 fully saturated rings. The van der Waals surface area contributed by atoms with Gasteiger partial charge in [0.15, 0.2) is 0 Å². The lowest BCUT2D eigenvalue weighted by atomic mass is 9.91. The van der Waals surface area contributed by atoms with Crippen molar-refractivity contribution in [2.24, 2.45) is 0 Å². The van der Waals surface area contributed by atoms with Crippen LogP contribution in [0.15, 0.2) is 42.5 Å². The van der Waals surface area contributed by atoms with Gasteiger partial charge in [0.25, 0.3) is 0 Å². The van der Waals surface area contributed by atoms with E-state index in [9.17, 15) is 8.78 Å². The van der Waals surface area contributed by atoms with Crippen LogP contribution in [0.25, 0.3) is 0 Å². The summed E-state index contributed by atoms with van der Waals surface area (Å²) in [5.74, 6) is -0.663. The SMILES string of the molecule is CCNCC(Cc1cc(F)ccc1Cl)c1ccccc1F. The van der Waals surface area contributed by atoms with Gasteiger partial charge in [-0.3, -0.25) is 0 Å². The van der Waals surface area contributed by atoms with Crippen LogP contribution in [0.2, 0.25) is 5.02 Å². The molecule has 0 heterocycles. The molecule has 1 atom stereocenters. The van der Waals surface area contributed by atoms with E-state index in [0.29, 0.717) is 29.1 Å². The van der Waals surface area contributed by atoms with Crippen LogP contribution in [-0.2, 0) is 6.42 Å². The van der Waals surface area contributed by atoms with E-state index in [4.69, 9.17) is 11.6 Å². The normalized spacial score (nSPS) is 12.4. The monoisotopic (exact) mass is 309 g/mol. The first-order valence-electron chi connectivity index (χ1n) is 7.01. The minimum atomic E-state index is -0.329. The topological polar surface area (TPSA) is 12.0 Å². The highest BCUT2D eigenvalue weighted by atomic mass is 35.5. The fraction of sp³-hybridized carbons (Fsp3) is 0.294. The van der Waals surface area contributed by atoms with Crippen molar-refractivity contribution in [1.82, 2.24) is 5.32 Å². The molecule has 0 aliphatic rings. The molecule has 0 saturated heterocycles. The van der Waals surface area contributed by atoms with E-state index in [2.05, 4.69) is 5.32 Å². The van der Waals surface area contributed by atoms with Crippen LogP contribution in [0.3, 0.4) is 0 Å². The Bertz CT molecular complexity index is 601.